The Bertz CT molecular complexity index is 2700. The van der Waals surface area contributed by atoms with Crippen LogP contribution in [0.15, 0.2) is 156 Å². The highest BCUT2D eigenvalue weighted by Gasteiger charge is 2.48. The van der Waals surface area contributed by atoms with Crippen LogP contribution in [0.4, 0.5) is 22.7 Å². The Morgan fingerprint density at radius 3 is 2.28 bits per heavy atom. The molecule has 0 saturated heterocycles. The second-order valence-corrected chi connectivity index (χ2v) is 12.3. The summed E-state index contributed by atoms with van der Waals surface area (Å²) in [7, 11) is 0. The number of benzene rings is 6. The van der Waals surface area contributed by atoms with Gasteiger partial charge < -0.3 is 13.9 Å². The van der Waals surface area contributed by atoms with E-state index in [1.165, 1.54) is 61.4 Å². The molecule has 0 fully saturated rings. The molecule has 2 aliphatic heterocycles. The van der Waals surface area contributed by atoms with E-state index in [1.54, 1.807) is 0 Å². The Hall–Kier alpha value is -6.13. The number of fused-ring (bicyclic) bond motifs is 11. The fourth-order valence-corrected chi connectivity index (χ4v) is 8.17. The van der Waals surface area contributed by atoms with Gasteiger partial charge in [0.25, 0.3) is 0 Å². The van der Waals surface area contributed by atoms with Crippen LogP contribution >= 0.6 is 0 Å². The number of aromatic nitrogens is 1. The molecule has 4 heterocycles. The van der Waals surface area contributed by atoms with Crippen molar-refractivity contribution < 1.29 is 4.42 Å². The predicted molar refractivity (Wildman–Crippen MR) is 190 cm³/mol. The molecule has 11 rings (SSSR count). The first-order chi connectivity index (χ1) is 22.8. The monoisotopic (exact) mass is 588 g/mol. The summed E-state index contributed by atoms with van der Waals surface area (Å²) in [5.41, 5.74) is 13.9. The van der Waals surface area contributed by atoms with E-state index in [-0.39, 0.29) is 6.04 Å². The molecule has 214 valence electrons. The molecule has 0 radical (unpaired) electrons. The van der Waals surface area contributed by atoms with Crippen LogP contribution in [0.3, 0.4) is 0 Å². The van der Waals surface area contributed by atoms with Gasteiger partial charge in [-0.1, -0.05) is 91.0 Å². The molecular formula is C42H26N3O+. The van der Waals surface area contributed by atoms with E-state index in [1.807, 2.05) is 6.07 Å². The number of allylic oxidation sites excluding steroid dienone is 2. The number of rotatable bonds is 2. The van der Waals surface area contributed by atoms with E-state index in [0.29, 0.717) is 0 Å². The Kier molecular flexibility index (Phi) is 4.60. The smallest absolute Gasteiger partial charge is 0.235 e. The average molecular weight is 589 g/mol. The maximum atomic E-state index is 6.58. The molecule has 4 nitrogen and oxygen atoms in total. The topological polar surface area (TPSA) is 24.3 Å². The summed E-state index contributed by atoms with van der Waals surface area (Å²) in [4.78, 5) is 2.55. The summed E-state index contributed by atoms with van der Waals surface area (Å²) >= 11 is 0. The van der Waals surface area contributed by atoms with Gasteiger partial charge in [0.2, 0.25) is 17.1 Å². The fraction of sp³-hybridized carbons (Fsp3) is 0.0238. The third kappa shape index (κ3) is 3.01. The fourth-order valence-electron chi connectivity index (χ4n) is 8.17. The van der Waals surface area contributed by atoms with Crippen molar-refractivity contribution in [1.29, 1.82) is 0 Å². The summed E-state index contributed by atoms with van der Waals surface area (Å²) < 4.78 is 11.4. The van der Waals surface area contributed by atoms with Crippen molar-refractivity contribution in [1.82, 2.24) is 9.14 Å². The van der Waals surface area contributed by atoms with Gasteiger partial charge in [-0.15, -0.1) is 0 Å². The highest BCUT2D eigenvalue weighted by Crippen LogP contribution is 2.54. The number of hydrogen-bond donors (Lipinski definition) is 0. The highest BCUT2D eigenvalue weighted by atomic mass is 16.3. The zero-order valence-electron chi connectivity index (χ0n) is 24.8. The van der Waals surface area contributed by atoms with E-state index >= 15 is 0 Å². The summed E-state index contributed by atoms with van der Waals surface area (Å²) in [6.07, 6.45) is 6.81. The molecule has 46 heavy (non-hydrogen) atoms. The van der Waals surface area contributed by atoms with Crippen LogP contribution in [0, 0.1) is 0 Å². The molecule has 1 unspecified atom stereocenters. The number of nitrogens with zero attached hydrogens (tertiary/aromatic N) is 3. The van der Waals surface area contributed by atoms with Gasteiger partial charge in [0.15, 0.2) is 5.58 Å². The third-order valence-electron chi connectivity index (χ3n) is 10.0. The first-order valence-corrected chi connectivity index (χ1v) is 15.8. The maximum Gasteiger partial charge on any atom is 0.235 e. The summed E-state index contributed by atoms with van der Waals surface area (Å²) in [6.45, 7) is 0. The van der Waals surface area contributed by atoms with Gasteiger partial charge in [-0.05, 0) is 42.0 Å². The molecule has 0 saturated carbocycles. The largest absolute Gasteiger partial charge is 0.454 e. The quantitative estimate of drug-likeness (QED) is 0.188. The zero-order valence-corrected chi connectivity index (χ0v) is 24.8. The molecule has 8 aromatic rings. The van der Waals surface area contributed by atoms with E-state index in [0.717, 1.165) is 27.6 Å². The van der Waals surface area contributed by atoms with E-state index < -0.39 is 0 Å². The van der Waals surface area contributed by atoms with Gasteiger partial charge in [-0.2, -0.15) is 4.58 Å². The second-order valence-electron chi connectivity index (χ2n) is 12.3. The molecule has 4 heteroatoms. The SMILES string of the molecule is C1=CC2=[N+](c3ccccc3)c3ccccc3N3c4cc5c(cc4C(=C1)C23)c1ccccc1n5-c1cccc2c1oc1ccccc12. The summed E-state index contributed by atoms with van der Waals surface area (Å²) in [5, 5.41) is 4.75. The minimum atomic E-state index is 0.0835. The van der Waals surface area contributed by atoms with Crippen molar-refractivity contribution in [2.45, 2.75) is 6.04 Å². The number of para-hydroxylation sites is 6. The van der Waals surface area contributed by atoms with Crippen LogP contribution in [0.5, 0.6) is 0 Å². The Morgan fingerprint density at radius 2 is 1.35 bits per heavy atom. The number of hydrogen-bond acceptors (Lipinski definition) is 2. The van der Waals surface area contributed by atoms with E-state index in [2.05, 4.69) is 160 Å². The molecule has 1 aliphatic carbocycles. The van der Waals surface area contributed by atoms with E-state index in [9.17, 15) is 0 Å². The van der Waals surface area contributed by atoms with Gasteiger partial charge in [-0.25, -0.2) is 0 Å². The van der Waals surface area contributed by atoms with Gasteiger partial charge >= 0.3 is 0 Å². The van der Waals surface area contributed by atoms with Gasteiger partial charge in [0.05, 0.1) is 22.4 Å². The highest BCUT2D eigenvalue weighted by molar-refractivity contribution is 6.23. The molecule has 3 aliphatic rings. The van der Waals surface area contributed by atoms with Crippen molar-refractivity contribution >= 4 is 77.8 Å². The normalized spacial score (nSPS) is 16.4. The van der Waals surface area contributed by atoms with E-state index in [4.69, 9.17) is 4.42 Å². The van der Waals surface area contributed by atoms with Gasteiger partial charge in [0, 0.05) is 51.4 Å². The Labute approximate surface area is 264 Å². The zero-order chi connectivity index (χ0) is 29.9. The lowest BCUT2D eigenvalue weighted by molar-refractivity contribution is 0.666. The molecular weight excluding hydrogens is 562 g/mol. The molecule has 6 aromatic carbocycles. The van der Waals surface area contributed by atoms with Crippen LogP contribution in [0.25, 0.3) is 55.0 Å². The Balaban J connectivity index is 1.23. The lowest BCUT2D eigenvalue weighted by atomic mass is 9.91. The Morgan fingerprint density at radius 1 is 0.587 bits per heavy atom. The van der Waals surface area contributed by atoms with Gasteiger partial charge in [0.1, 0.15) is 17.3 Å². The summed E-state index contributed by atoms with van der Waals surface area (Å²) in [6, 6.07) is 48.1. The van der Waals surface area contributed by atoms with Crippen molar-refractivity contribution in [3.63, 3.8) is 0 Å². The van der Waals surface area contributed by atoms with Crippen LogP contribution in [-0.2, 0) is 0 Å². The van der Waals surface area contributed by atoms with Gasteiger partial charge in [-0.3, -0.25) is 0 Å². The maximum absolute atomic E-state index is 6.58. The first-order valence-electron chi connectivity index (χ1n) is 15.8. The van der Waals surface area contributed by atoms with Crippen molar-refractivity contribution in [2.75, 3.05) is 4.90 Å². The number of furan rings is 1. The van der Waals surface area contributed by atoms with Crippen LogP contribution in [-0.4, -0.2) is 16.3 Å². The molecule has 0 spiro atoms. The minimum absolute atomic E-state index is 0.0835. The van der Waals surface area contributed by atoms with Crippen LogP contribution in [0.1, 0.15) is 5.56 Å². The first kappa shape index (κ1) is 24.2. The molecule has 2 aromatic heterocycles. The standard InChI is InChI=1S/C42H26N3O/c1-2-12-26(13-3-1)43-34-19-7-8-20-35(34)45-39-25-38-31(24-32(39)29-16-10-21-36(43)41(29)45)27-14-4-6-18-33(27)44(38)37-22-11-17-30-28-15-5-9-23-40(28)46-42(30)37/h1-25,41H/q+1. The number of anilines is 2. The van der Waals surface area contributed by atoms with Crippen molar-refractivity contribution in [3.05, 3.63) is 157 Å². The lowest BCUT2D eigenvalue weighted by Crippen LogP contribution is -2.43. The van der Waals surface area contributed by atoms with Crippen molar-refractivity contribution in [2.24, 2.45) is 0 Å². The second kappa shape index (κ2) is 8.74. The average Bonchev–Trinajstić information content (AvgIpc) is 3.76. The third-order valence-corrected chi connectivity index (χ3v) is 10.0. The molecule has 1 atom stereocenters. The molecule has 0 amide bonds. The van der Waals surface area contributed by atoms with Crippen molar-refractivity contribution in [3.8, 4) is 5.69 Å². The minimum Gasteiger partial charge on any atom is -0.454 e. The molecule has 0 bridgehead atoms. The van der Waals surface area contributed by atoms with Crippen LogP contribution < -0.4 is 9.48 Å². The van der Waals surface area contributed by atoms with Crippen LogP contribution in [0.2, 0.25) is 0 Å². The summed E-state index contributed by atoms with van der Waals surface area (Å²) in [5.74, 6) is 0. The predicted octanol–water partition coefficient (Wildman–Crippen LogP) is 10.4. The lowest BCUT2D eigenvalue weighted by Gasteiger charge is -2.32. The molecule has 0 N–H and O–H groups in total.